The summed E-state index contributed by atoms with van der Waals surface area (Å²) in [5, 5.41) is 6.10. The summed E-state index contributed by atoms with van der Waals surface area (Å²) in [6.07, 6.45) is 0. The molecule has 0 bridgehead atoms. The van der Waals surface area contributed by atoms with E-state index in [1.54, 1.807) is 13.0 Å². The Labute approximate surface area is 131 Å². The number of carbonyl (C=O) groups excluding carboxylic acids is 1. The van der Waals surface area contributed by atoms with Gasteiger partial charge in [-0.3, -0.25) is 4.79 Å². The third kappa shape index (κ3) is 4.84. The van der Waals surface area contributed by atoms with Crippen LogP contribution in [-0.2, 0) is 6.54 Å². The number of benzene rings is 1. The maximum atomic E-state index is 12.1. The number of carbonyl (C=O) groups is 1. The zero-order chi connectivity index (χ0) is 15.9. The first kappa shape index (κ1) is 15.9. The van der Waals surface area contributed by atoms with E-state index in [0.29, 0.717) is 36.3 Å². The zero-order valence-electron chi connectivity index (χ0n) is 13.3. The lowest BCUT2D eigenvalue weighted by molar-refractivity contribution is 0.0943. The minimum Gasteiger partial charge on any atom is -0.366 e. The van der Waals surface area contributed by atoms with Crippen LogP contribution in [0.3, 0.4) is 0 Å². The summed E-state index contributed by atoms with van der Waals surface area (Å²) < 4.78 is 0. The fourth-order valence-electron chi connectivity index (χ4n) is 1.95. The summed E-state index contributed by atoms with van der Waals surface area (Å²) in [6.45, 7) is 7.18. The van der Waals surface area contributed by atoms with Crippen LogP contribution in [-0.4, -0.2) is 22.4 Å². The van der Waals surface area contributed by atoms with Crippen molar-refractivity contribution in [3.8, 4) is 0 Å². The first-order valence-corrected chi connectivity index (χ1v) is 7.46. The Morgan fingerprint density at radius 3 is 2.59 bits per heavy atom. The topological polar surface area (TPSA) is 66.9 Å². The van der Waals surface area contributed by atoms with Crippen molar-refractivity contribution in [3.63, 3.8) is 0 Å². The quantitative estimate of drug-likeness (QED) is 0.860. The van der Waals surface area contributed by atoms with E-state index >= 15 is 0 Å². The van der Waals surface area contributed by atoms with Gasteiger partial charge in [-0.1, -0.05) is 44.2 Å². The van der Waals surface area contributed by atoms with Crippen molar-refractivity contribution in [2.75, 3.05) is 11.9 Å². The van der Waals surface area contributed by atoms with Crippen molar-refractivity contribution in [1.82, 2.24) is 15.3 Å². The lowest BCUT2D eigenvalue weighted by Gasteiger charge is -2.10. The molecule has 2 N–H and O–H groups in total. The van der Waals surface area contributed by atoms with E-state index in [0.717, 1.165) is 5.56 Å². The molecule has 5 heteroatoms. The second-order valence-corrected chi connectivity index (χ2v) is 5.63. The normalized spacial score (nSPS) is 10.5. The highest BCUT2D eigenvalue weighted by molar-refractivity contribution is 5.92. The number of nitrogens with zero attached hydrogens (tertiary/aromatic N) is 2. The average Bonchev–Trinajstić information content (AvgIpc) is 2.51. The molecule has 5 nitrogen and oxygen atoms in total. The third-order valence-electron chi connectivity index (χ3n) is 3.06. The summed E-state index contributed by atoms with van der Waals surface area (Å²) >= 11 is 0. The molecule has 0 atom stereocenters. The van der Waals surface area contributed by atoms with E-state index in [4.69, 9.17) is 0 Å². The van der Waals surface area contributed by atoms with Crippen LogP contribution in [0.5, 0.6) is 0 Å². The molecular formula is C17H22N4O. The zero-order valence-corrected chi connectivity index (χ0v) is 13.3. The first-order chi connectivity index (χ1) is 10.5. The van der Waals surface area contributed by atoms with Crippen molar-refractivity contribution in [1.29, 1.82) is 0 Å². The average molecular weight is 298 g/mol. The Morgan fingerprint density at radius 2 is 1.91 bits per heavy atom. The van der Waals surface area contributed by atoms with E-state index in [9.17, 15) is 4.79 Å². The van der Waals surface area contributed by atoms with E-state index in [1.165, 1.54) is 0 Å². The van der Waals surface area contributed by atoms with Gasteiger partial charge in [-0.2, -0.15) is 0 Å². The Kier molecular flexibility index (Phi) is 5.47. The molecule has 0 fully saturated rings. The predicted octanol–water partition coefficient (Wildman–Crippen LogP) is 2.78. The maximum absolute atomic E-state index is 12.1. The second-order valence-electron chi connectivity index (χ2n) is 5.63. The maximum Gasteiger partial charge on any atom is 0.270 e. The molecule has 22 heavy (non-hydrogen) atoms. The van der Waals surface area contributed by atoms with Gasteiger partial charge in [0.25, 0.3) is 5.91 Å². The Balaban J connectivity index is 2.04. The summed E-state index contributed by atoms with van der Waals surface area (Å²) in [6, 6.07) is 11.7. The summed E-state index contributed by atoms with van der Waals surface area (Å²) in [7, 11) is 0. The van der Waals surface area contributed by atoms with Crippen molar-refractivity contribution < 1.29 is 4.79 Å². The molecule has 0 unspecified atom stereocenters. The van der Waals surface area contributed by atoms with Crippen molar-refractivity contribution in [3.05, 3.63) is 53.5 Å². The highest BCUT2D eigenvalue weighted by Gasteiger charge is 2.10. The molecular weight excluding hydrogens is 276 g/mol. The first-order valence-electron chi connectivity index (χ1n) is 7.46. The molecule has 2 rings (SSSR count). The van der Waals surface area contributed by atoms with E-state index < -0.39 is 0 Å². The van der Waals surface area contributed by atoms with Gasteiger partial charge in [-0.25, -0.2) is 9.97 Å². The number of aryl methyl sites for hydroxylation is 1. The molecule has 116 valence electrons. The molecule has 0 radical (unpaired) electrons. The Bertz CT molecular complexity index is 626. The molecule has 0 aliphatic carbocycles. The highest BCUT2D eigenvalue weighted by atomic mass is 16.1. The molecule has 2 aromatic rings. The van der Waals surface area contributed by atoms with E-state index in [2.05, 4.69) is 34.4 Å². The number of aromatic nitrogens is 2. The molecule has 1 amide bonds. The minimum absolute atomic E-state index is 0.165. The lowest BCUT2D eigenvalue weighted by atomic mass is 10.2. The summed E-state index contributed by atoms with van der Waals surface area (Å²) in [4.78, 5) is 20.6. The number of rotatable bonds is 6. The van der Waals surface area contributed by atoms with Crippen LogP contribution in [0, 0.1) is 12.8 Å². The molecule has 1 aromatic carbocycles. The van der Waals surface area contributed by atoms with Crippen LogP contribution >= 0.6 is 0 Å². The van der Waals surface area contributed by atoms with E-state index in [1.807, 2.05) is 30.3 Å². The number of nitrogens with one attached hydrogen (secondary N) is 2. The SMILES string of the molecule is Cc1nc(NCc2ccccc2)cc(C(=O)NCC(C)C)n1. The monoisotopic (exact) mass is 298 g/mol. The Hall–Kier alpha value is -2.43. The fourth-order valence-corrected chi connectivity index (χ4v) is 1.95. The van der Waals surface area contributed by atoms with Gasteiger partial charge in [0.1, 0.15) is 17.3 Å². The largest absolute Gasteiger partial charge is 0.366 e. The molecule has 0 saturated carbocycles. The van der Waals surface area contributed by atoms with Gasteiger partial charge in [0, 0.05) is 19.2 Å². The molecule has 0 aliphatic heterocycles. The van der Waals surface area contributed by atoms with Crippen molar-refractivity contribution in [2.24, 2.45) is 5.92 Å². The number of anilines is 1. The number of hydrogen-bond donors (Lipinski definition) is 2. The van der Waals surface area contributed by atoms with Gasteiger partial charge < -0.3 is 10.6 Å². The van der Waals surface area contributed by atoms with Crippen molar-refractivity contribution in [2.45, 2.75) is 27.3 Å². The van der Waals surface area contributed by atoms with Crippen LogP contribution in [0.25, 0.3) is 0 Å². The molecule has 1 aromatic heterocycles. The van der Waals surface area contributed by atoms with E-state index in [-0.39, 0.29) is 5.91 Å². The molecule has 0 spiro atoms. The van der Waals surface area contributed by atoms with Crippen LogP contribution in [0.2, 0.25) is 0 Å². The van der Waals surface area contributed by atoms with Gasteiger partial charge in [0.2, 0.25) is 0 Å². The predicted molar refractivity (Wildman–Crippen MR) is 87.7 cm³/mol. The van der Waals surface area contributed by atoms with Crippen LogP contribution in [0.1, 0.15) is 35.7 Å². The summed E-state index contributed by atoms with van der Waals surface area (Å²) in [5.41, 5.74) is 1.55. The van der Waals surface area contributed by atoms with Gasteiger partial charge in [0.15, 0.2) is 0 Å². The fraction of sp³-hybridized carbons (Fsp3) is 0.353. The Morgan fingerprint density at radius 1 is 1.18 bits per heavy atom. The number of amides is 1. The minimum atomic E-state index is -0.165. The van der Waals surface area contributed by atoms with Crippen LogP contribution in [0.15, 0.2) is 36.4 Å². The second kappa shape index (κ2) is 7.54. The number of hydrogen-bond acceptors (Lipinski definition) is 4. The third-order valence-corrected chi connectivity index (χ3v) is 3.06. The van der Waals surface area contributed by atoms with Gasteiger partial charge in [-0.15, -0.1) is 0 Å². The molecule has 1 heterocycles. The lowest BCUT2D eigenvalue weighted by Crippen LogP contribution is -2.28. The molecule has 0 saturated heterocycles. The summed E-state index contributed by atoms with van der Waals surface area (Å²) in [5.74, 6) is 1.48. The van der Waals surface area contributed by atoms with Gasteiger partial charge >= 0.3 is 0 Å². The molecule has 0 aliphatic rings. The smallest absolute Gasteiger partial charge is 0.270 e. The van der Waals surface area contributed by atoms with Crippen LogP contribution in [0.4, 0.5) is 5.82 Å². The van der Waals surface area contributed by atoms with Gasteiger partial charge in [-0.05, 0) is 18.4 Å². The van der Waals surface area contributed by atoms with Crippen molar-refractivity contribution >= 4 is 11.7 Å². The standard InChI is InChI=1S/C17H22N4O/c1-12(2)10-19-17(22)15-9-16(21-13(3)20-15)18-11-14-7-5-4-6-8-14/h4-9,12H,10-11H2,1-3H3,(H,19,22)(H,18,20,21). The highest BCUT2D eigenvalue weighted by Crippen LogP contribution is 2.09. The van der Waals surface area contributed by atoms with Gasteiger partial charge in [0.05, 0.1) is 0 Å². The van der Waals surface area contributed by atoms with Crippen LogP contribution < -0.4 is 10.6 Å².